The van der Waals surface area contributed by atoms with Crippen molar-refractivity contribution in [2.75, 3.05) is 11.6 Å². The summed E-state index contributed by atoms with van der Waals surface area (Å²) in [4.78, 5) is 1.66. The third-order valence-electron chi connectivity index (χ3n) is 12.3. The molecular formula is C43H51Cl2F5N3OPRu. The van der Waals surface area contributed by atoms with Crippen LogP contribution in [-0.4, -0.2) is 45.0 Å². The summed E-state index contributed by atoms with van der Waals surface area (Å²) in [5.74, 6) is -9.76. The Bertz CT molecular complexity index is 1780. The molecule has 1 saturated heterocycles. The van der Waals surface area contributed by atoms with Crippen LogP contribution in [0.1, 0.15) is 119 Å². The van der Waals surface area contributed by atoms with E-state index in [4.69, 9.17) is 24.1 Å². The minimum absolute atomic E-state index is 0.0465. The zero-order valence-electron chi connectivity index (χ0n) is 31.5. The fourth-order valence-corrected chi connectivity index (χ4v) is 16.8. The van der Waals surface area contributed by atoms with Gasteiger partial charge in [-0.15, -0.1) is 6.67 Å². The molecule has 2 aliphatic heterocycles. The monoisotopic (exact) mass is 923 g/mol. The summed E-state index contributed by atoms with van der Waals surface area (Å²) < 4.78 is 76.4. The van der Waals surface area contributed by atoms with Gasteiger partial charge in [0.05, 0.1) is 29.1 Å². The van der Waals surface area contributed by atoms with Crippen LogP contribution in [0.5, 0.6) is 0 Å². The van der Waals surface area contributed by atoms with E-state index in [0.29, 0.717) is 17.3 Å². The van der Waals surface area contributed by atoms with E-state index in [9.17, 15) is 22.0 Å². The van der Waals surface area contributed by atoms with Gasteiger partial charge in [-0.3, -0.25) is 0 Å². The maximum absolute atomic E-state index is 14.1. The Morgan fingerprint density at radius 2 is 1.18 bits per heavy atom. The Labute approximate surface area is 342 Å². The number of hydrogen-bond acceptors (Lipinski definition) is 4. The van der Waals surface area contributed by atoms with Gasteiger partial charge >= 0.3 is 73.4 Å². The van der Waals surface area contributed by atoms with E-state index >= 15 is 0 Å². The van der Waals surface area contributed by atoms with Crippen molar-refractivity contribution < 1.29 is 40.2 Å². The summed E-state index contributed by atoms with van der Waals surface area (Å²) in [6.45, 7) is 1.31. The van der Waals surface area contributed by atoms with Crippen molar-refractivity contribution in [2.45, 2.75) is 132 Å². The number of nitrogens with zero attached hydrogens (tertiary/aromatic N) is 3. The number of ether oxygens (including phenoxy) is 1. The molecule has 0 bridgehead atoms. The third kappa shape index (κ3) is 9.73. The Balaban J connectivity index is 0.000000144. The van der Waals surface area contributed by atoms with E-state index in [1.54, 1.807) is 101 Å². The molecule has 4 aliphatic carbocycles. The molecule has 306 valence electrons. The van der Waals surface area contributed by atoms with Crippen molar-refractivity contribution >= 4 is 43.4 Å². The summed E-state index contributed by atoms with van der Waals surface area (Å²) in [5.41, 5.74) is 5.74. The summed E-state index contributed by atoms with van der Waals surface area (Å²) in [5, 5.41) is 4.69. The summed E-state index contributed by atoms with van der Waals surface area (Å²) in [6, 6.07) is 17.3. The van der Waals surface area contributed by atoms with Crippen molar-refractivity contribution in [1.82, 2.24) is 4.90 Å². The van der Waals surface area contributed by atoms with E-state index < -0.39 is 48.3 Å². The molecule has 9 rings (SSSR count). The molecule has 4 nitrogen and oxygen atoms in total. The van der Waals surface area contributed by atoms with E-state index in [1.165, 1.54) is 23.6 Å². The Kier molecular flexibility index (Phi) is 15.0. The van der Waals surface area contributed by atoms with Gasteiger partial charge in [-0.05, 0) is 88.2 Å². The van der Waals surface area contributed by atoms with Crippen LogP contribution in [0, 0.1) is 35.8 Å². The molecule has 2 atom stereocenters. The van der Waals surface area contributed by atoms with E-state index in [-0.39, 0.29) is 26.7 Å². The van der Waals surface area contributed by atoms with Gasteiger partial charge in [0.1, 0.15) is 18.1 Å². The van der Waals surface area contributed by atoms with Crippen LogP contribution in [0.3, 0.4) is 0 Å². The molecule has 13 heteroatoms. The third-order valence-corrected chi connectivity index (χ3v) is 18.7. The van der Waals surface area contributed by atoms with E-state index in [0.717, 1.165) is 16.7 Å². The SMILES string of the molecule is C1CCC([PH+](C2CCCCC2)C2CCCCC2)CC1.Fc1c(F)c(F)c(N2[CH-]N3C(=N2)COC2Cc4ccccc4C23)c(F)c1F.[Cl][Ru]([Cl])=[CH]c1ccccc1. The van der Waals surface area contributed by atoms with Gasteiger partial charge in [0.25, 0.3) is 0 Å². The van der Waals surface area contributed by atoms with Crippen LogP contribution in [0.2, 0.25) is 0 Å². The molecule has 0 aromatic heterocycles. The predicted molar refractivity (Wildman–Crippen MR) is 217 cm³/mol. The van der Waals surface area contributed by atoms with Crippen molar-refractivity contribution in [1.29, 1.82) is 0 Å². The quantitative estimate of drug-likeness (QED) is 0.0637. The fraction of sp³-hybridized carbons (Fsp3) is 0.512. The van der Waals surface area contributed by atoms with Crippen molar-refractivity contribution in [3.8, 4) is 0 Å². The van der Waals surface area contributed by atoms with Crippen LogP contribution in [0.4, 0.5) is 27.6 Å². The molecule has 2 unspecified atom stereocenters. The molecule has 3 aromatic rings. The second kappa shape index (κ2) is 19.9. The Morgan fingerprint density at radius 3 is 1.71 bits per heavy atom. The molecule has 0 spiro atoms. The van der Waals surface area contributed by atoms with Gasteiger partial charge < -0.3 is 14.6 Å². The zero-order valence-corrected chi connectivity index (χ0v) is 35.8. The fourth-order valence-electron chi connectivity index (χ4n) is 9.74. The molecule has 3 saturated carbocycles. The van der Waals surface area contributed by atoms with E-state index in [1.807, 2.05) is 59.2 Å². The number of rotatable bonds is 5. The first-order chi connectivity index (χ1) is 27.2. The van der Waals surface area contributed by atoms with Crippen LogP contribution in [0.15, 0.2) is 59.7 Å². The molecule has 0 N–H and O–H groups in total. The number of fused-ring (bicyclic) bond motifs is 5. The number of morpholine rings is 1. The first-order valence-corrected chi connectivity index (χ1v) is 27.4. The Hall–Kier alpha value is -1.96. The minimum atomic E-state index is -2.20. The average Bonchev–Trinajstić information content (AvgIpc) is 3.83. The molecule has 6 aliphatic rings. The van der Waals surface area contributed by atoms with Crippen molar-refractivity contribution in [3.63, 3.8) is 0 Å². The van der Waals surface area contributed by atoms with Crippen LogP contribution < -0.4 is 5.01 Å². The van der Waals surface area contributed by atoms with Gasteiger partial charge in [-0.2, -0.15) is 5.10 Å². The Morgan fingerprint density at radius 1 is 0.679 bits per heavy atom. The molecular weight excluding hydrogens is 872 g/mol. The number of hydrogen-bond donors (Lipinski definition) is 0. The van der Waals surface area contributed by atoms with Crippen molar-refractivity contribution in [3.05, 3.63) is 107 Å². The topological polar surface area (TPSA) is 28.1 Å². The van der Waals surface area contributed by atoms with Crippen LogP contribution in [-0.2, 0) is 24.7 Å². The number of anilines is 1. The van der Waals surface area contributed by atoms with Crippen molar-refractivity contribution in [2.24, 2.45) is 5.10 Å². The summed E-state index contributed by atoms with van der Waals surface area (Å²) in [7, 11) is 11.3. The maximum atomic E-state index is 14.1. The first kappa shape index (κ1) is 42.2. The number of hydrazone groups is 1. The summed E-state index contributed by atoms with van der Waals surface area (Å²) >= 11 is -1.61. The summed E-state index contributed by atoms with van der Waals surface area (Å²) in [6.07, 6.45) is 24.3. The predicted octanol–water partition coefficient (Wildman–Crippen LogP) is 12.6. The van der Waals surface area contributed by atoms with Crippen LogP contribution >= 0.6 is 27.3 Å². The number of halogens is 7. The standard InChI is InChI=1S/C18H11F5N3O.C18H33P.C7H6.2ClH.Ru/c19-12-13(20)15(22)18(16(23)14(12)21)26-7-25-11(24-26)6-27-10-5-8-3-1-2-4-9(8)17(10)25;1-4-10-16(11-5-1)19(17-12-6-2-7-13-17)18-14-8-3-9-15-18;1-7-5-3-2-4-6-7;;;/h1-4,7,10,17H,5-6H2;16-18H,1-15H2;1-6H;2*1H;/q-1;;;;;+2/p-1. The van der Waals surface area contributed by atoms with Gasteiger partial charge in [-0.25, -0.2) is 22.0 Å². The van der Waals surface area contributed by atoms with Gasteiger partial charge in [-0.1, -0.05) is 43.5 Å². The normalized spacial score (nSPS) is 22.9. The van der Waals surface area contributed by atoms with Gasteiger partial charge in [0, 0.05) is 14.3 Å². The number of benzene rings is 3. The second-order valence-corrected chi connectivity index (χ2v) is 24.9. The first-order valence-electron chi connectivity index (χ1n) is 20.2. The molecule has 3 aromatic carbocycles. The van der Waals surface area contributed by atoms with Gasteiger partial charge in [0.2, 0.25) is 5.82 Å². The molecule has 0 radical (unpaired) electrons. The average molecular weight is 924 g/mol. The molecule has 0 amide bonds. The van der Waals surface area contributed by atoms with E-state index in [2.05, 4.69) is 5.10 Å². The van der Waals surface area contributed by atoms with Gasteiger partial charge in [0.15, 0.2) is 23.3 Å². The second-order valence-electron chi connectivity index (χ2n) is 15.7. The number of amidine groups is 1. The molecule has 4 fully saturated rings. The molecule has 56 heavy (non-hydrogen) atoms. The van der Waals surface area contributed by atoms with Crippen LogP contribution in [0.25, 0.3) is 0 Å². The zero-order chi connectivity index (χ0) is 39.2. The molecule has 2 heterocycles.